The van der Waals surface area contributed by atoms with Crippen LogP contribution in [-0.2, 0) is 49.4 Å². The van der Waals surface area contributed by atoms with E-state index in [1.54, 1.807) is 6.08 Å². The molecular weight excluding hydrogens is 492 g/mol. The minimum atomic E-state index is -1.24. The first-order valence-corrected chi connectivity index (χ1v) is 12.0. The minimum Gasteiger partial charge on any atom is -0.463 e. The smallest absolute Gasteiger partial charge is 0.303 e. The largest absolute Gasteiger partial charge is 0.463 e. The van der Waals surface area contributed by atoms with E-state index in [0.29, 0.717) is 11.7 Å². The second-order valence-corrected chi connectivity index (χ2v) is 9.03. The van der Waals surface area contributed by atoms with Gasteiger partial charge in [-0.15, -0.1) is 6.58 Å². The second-order valence-electron chi connectivity index (χ2n) is 7.97. The Balaban J connectivity index is 2.06. The number of allylic oxidation sites excluding steroid dienone is 1. The van der Waals surface area contributed by atoms with E-state index >= 15 is 0 Å². The quantitative estimate of drug-likeness (QED) is 0.274. The van der Waals surface area contributed by atoms with E-state index in [9.17, 15) is 19.2 Å². The number of ether oxygens (including phenoxy) is 5. The van der Waals surface area contributed by atoms with Gasteiger partial charge in [0.15, 0.2) is 28.9 Å². The SMILES string of the molecule is C=CCn1c(SC2OC(COC(C)=O)C(OC(C)=O)C(OC(C)=O)C2OC(C)=O)nc2ccccc21. The number of nitrogens with zero attached hydrogens (tertiary/aromatic N) is 2. The Bertz CT molecular complexity index is 1150. The molecular formula is C24H28N2O9S. The van der Waals surface area contributed by atoms with Gasteiger partial charge in [-0.2, -0.15) is 0 Å². The molecule has 0 radical (unpaired) electrons. The van der Waals surface area contributed by atoms with Crippen molar-refractivity contribution in [3.05, 3.63) is 36.9 Å². The fraction of sp³-hybridized carbons (Fsp3) is 0.458. The molecule has 11 nitrogen and oxygen atoms in total. The summed E-state index contributed by atoms with van der Waals surface area (Å²) >= 11 is 1.13. The fourth-order valence-electron chi connectivity index (χ4n) is 3.84. The number of imidazole rings is 1. The molecule has 0 spiro atoms. The monoisotopic (exact) mass is 520 g/mol. The van der Waals surface area contributed by atoms with Crippen LogP contribution in [0.5, 0.6) is 0 Å². The molecule has 1 aliphatic heterocycles. The molecule has 5 atom stereocenters. The summed E-state index contributed by atoms with van der Waals surface area (Å²) in [5.74, 6) is -2.62. The van der Waals surface area contributed by atoms with Gasteiger partial charge in [0, 0.05) is 34.2 Å². The van der Waals surface area contributed by atoms with E-state index in [-0.39, 0.29) is 6.61 Å². The summed E-state index contributed by atoms with van der Waals surface area (Å²) in [6, 6.07) is 7.50. The zero-order chi connectivity index (χ0) is 26.4. The molecule has 1 aliphatic rings. The Labute approximate surface area is 212 Å². The van der Waals surface area contributed by atoms with Crippen LogP contribution in [0.25, 0.3) is 11.0 Å². The normalized spacial score (nSPS) is 23.5. The van der Waals surface area contributed by atoms with Crippen LogP contribution in [-0.4, -0.2) is 69.9 Å². The van der Waals surface area contributed by atoms with E-state index in [0.717, 1.165) is 22.8 Å². The number of esters is 4. The number of benzene rings is 1. The summed E-state index contributed by atoms with van der Waals surface area (Å²) in [4.78, 5) is 52.1. The number of thioether (sulfide) groups is 1. The lowest BCUT2D eigenvalue weighted by Crippen LogP contribution is -2.61. The highest BCUT2D eigenvalue weighted by molar-refractivity contribution is 7.99. The molecule has 1 aromatic heterocycles. The number of hydrogen-bond acceptors (Lipinski definition) is 11. The van der Waals surface area contributed by atoms with Crippen LogP contribution in [0, 0.1) is 0 Å². The Morgan fingerprint density at radius 1 is 0.972 bits per heavy atom. The number of carbonyl (C=O) groups excluding carboxylic acids is 4. The summed E-state index contributed by atoms with van der Waals surface area (Å²) in [5.41, 5.74) is 0.615. The maximum absolute atomic E-state index is 12.0. The Kier molecular flexibility index (Phi) is 9.10. The van der Waals surface area contributed by atoms with Crippen molar-refractivity contribution in [1.82, 2.24) is 9.55 Å². The van der Waals surface area contributed by atoms with Crippen molar-refractivity contribution >= 4 is 46.7 Å². The number of aromatic nitrogens is 2. The molecule has 1 saturated heterocycles. The van der Waals surface area contributed by atoms with Crippen LogP contribution in [0.15, 0.2) is 42.1 Å². The summed E-state index contributed by atoms with van der Waals surface area (Å²) in [5, 5.41) is 0.525. The standard InChI is InChI=1S/C24H28N2O9S/c1-6-11-26-18-10-8-7-9-17(18)25-24(26)36-23-22(34-16(5)30)21(33-15(4)29)20(32-14(3)28)19(35-23)12-31-13(2)27/h6-10,19-23H,1,11-12H2,2-5H3. The van der Waals surface area contributed by atoms with Crippen molar-refractivity contribution in [3.8, 4) is 0 Å². The van der Waals surface area contributed by atoms with Crippen LogP contribution in [0.4, 0.5) is 0 Å². The van der Waals surface area contributed by atoms with E-state index in [1.165, 1.54) is 27.7 Å². The molecule has 0 N–H and O–H groups in total. The van der Waals surface area contributed by atoms with Crippen LogP contribution >= 0.6 is 11.8 Å². The van der Waals surface area contributed by atoms with Crippen molar-refractivity contribution < 1.29 is 42.9 Å². The lowest BCUT2D eigenvalue weighted by Gasteiger charge is -2.44. The van der Waals surface area contributed by atoms with Gasteiger partial charge in [-0.25, -0.2) is 4.98 Å². The number of carbonyl (C=O) groups is 4. The van der Waals surface area contributed by atoms with Crippen molar-refractivity contribution in [3.63, 3.8) is 0 Å². The third kappa shape index (κ3) is 6.64. The van der Waals surface area contributed by atoms with Crippen LogP contribution in [0.1, 0.15) is 27.7 Å². The number of para-hydroxylation sites is 2. The predicted molar refractivity (Wildman–Crippen MR) is 128 cm³/mol. The molecule has 0 bridgehead atoms. The molecule has 1 aromatic carbocycles. The van der Waals surface area contributed by atoms with Gasteiger partial charge in [0.2, 0.25) is 0 Å². The van der Waals surface area contributed by atoms with Gasteiger partial charge in [-0.1, -0.05) is 30.0 Å². The second kappa shape index (κ2) is 12.0. The number of rotatable bonds is 9. The topological polar surface area (TPSA) is 132 Å². The maximum Gasteiger partial charge on any atom is 0.303 e. The zero-order valence-corrected chi connectivity index (χ0v) is 21.2. The van der Waals surface area contributed by atoms with Crippen molar-refractivity contribution in [2.24, 2.45) is 0 Å². The molecule has 3 rings (SSSR count). The third-order valence-electron chi connectivity index (χ3n) is 5.10. The molecule has 12 heteroatoms. The third-order valence-corrected chi connectivity index (χ3v) is 6.24. The average Bonchev–Trinajstić information content (AvgIpc) is 3.13. The van der Waals surface area contributed by atoms with Gasteiger partial charge < -0.3 is 28.3 Å². The van der Waals surface area contributed by atoms with Gasteiger partial charge in [0.1, 0.15) is 12.7 Å². The molecule has 0 saturated carbocycles. The van der Waals surface area contributed by atoms with Crippen molar-refractivity contribution in [1.29, 1.82) is 0 Å². The summed E-state index contributed by atoms with van der Waals surface area (Å²) in [7, 11) is 0. The summed E-state index contributed by atoms with van der Waals surface area (Å²) < 4.78 is 29.6. The van der Waals surface area contributed by atoms with Crippen LogP contribution < -0.4 is 0 Å². The number of fused-ring (bicyclic) bond motifs is 1. The van der Waals surface area contributed by atoms with E-state index in [1.807, 2.05) is 28.8 Å². The lowest BCUT2D eigenvalue weighted by molar-refractivity contribution is -0.237. The van der Waals surface area contributed by atoms with E-state index in [4.69, 9.17) is 23.7 Å². The van der Waals surface area contributed by atoms with Crippen LogP contribution in [0.3, 0.4) is 0 Å². The first-order valence-electron chi connectivity index (χ1n) is 11.1. The molecule has 36 heavy (non-hydrogen) atoms. The average molecular weight is 521 g/mol. The highest BCUT2D eigenvalue weighted by atomic mass is 32.2. The first kappa shape index (κ1) is 27.2. The maximum atomic E-state index is 12.0. The molecule has 5 unspecified atom stereocenters. The highest BCUT2D eigenvalue weighted by Gasteiger charge is 2.52. The molecule has 194 valence electrons. The van der Waals surface area contributed by atoms with Gasteiger partial charge in [-0.3, -0.25) is 19.2 Å². The number of hydrogen-bond donors (Lipinski definition) is 0. The molecule has 1 fully saturated rings. The van der Waals surface area contributed by atoms with Gasteiger partial charge >= 0.3 is 23.9 Å². The Morgan fingerprint density at radius 2 is 1.58 bits per heavy atom. The molecule has 2 heterocycles. The predicted octanol–water partition coefficient (Wildman–Crippen LogP) is 2.40. The molecule has 0 aliphatic carbocycles. The fourth-order valence-corrected chi connectivity index (χ4v) is 5.04. The van der Waals surface area contributed by atoms with Gasteiger partial charge in [0.25, 0.3) is 0 Å². The van der Waals surface area contributed by atoms with Crippen molar-refractivity contribution in [2.75, 3.05) is 6.61 Å². The highest BCUT2D eigenvalue weighted by Crippen LogP contribution is 2.38. The van der Waals surface area contributed by atoms with Crippen LogP contribution in [0.2, 0.25) is 0 Å². The van der Waals surface area contributed by atoms with Gasteiger partial charge in [-0.05, 0) is 12.1 Å². The molecule has 2 aromatic rings. The zero-order valence-electron chi connectivity index (χ0n) is 20.4. The Morgan fingerprint density at radius 3 is 2.19 bits per heavy atom. The minimum absolute atomic E-state index is 0.294. The Hall–Kier alpha value is -3.38. The van der Waals surface area contributed by atoms with E-state index in [2.05, 4.69) is 11.6 Å². The summed E-state index contributed by atoms with van der Waals surface area (Å²) in [6.45, 7) is 8.72. The first-order chi connectivity index (χ1) is 17.1. The van der Waals surface area contributed by atoms with E-state index < -0.39 is 53.7 Å². The molecule has 0 amide bonds. The van der Waals surface area contributed by atoms with Crippen molar-refractivity contribution in [2.45, 2.75) is 69.2 Å². The lowest BCUT2D eigenvalue weighted by atomic mass is 9.99. The summed E-state index contributed by atoms with van der Waals surface area (Å²) in [6.07, 6.45) is -2.93. The van der Waals surface area contributed by atoms with Gasteiger partial charge in [0.05, 0.1) is 11.0 Å².